The minimum atomic E-state index is -0.847. The van der Waals surface area contributed by atoms with E-state index in [0.717, 1.165) is 42.9 Å². The average Bonchev–Trinajstić information content (AvgIpc) is 3.25. The van der Waals surface area contributed by atoms with E-state index in [-0.39, 0.29) is 5.91 Å². The smallest absolute Gasteiger partial charge is 0.232 e. The van der Waals surface area contributed by atoms with Gasteiger partial charge in [0.2, 0.25) is 5.91 Å². The van der Waals surface area contributed by atoms with Gasteiger partial charge in [0.1, 0.15) is 5.75 Å². The molecule has 0 atom stereocenters. The van der Waals surface area contributed by atoms with E-state index in [1.807, 2.05) is 60.7 Å². The second kappa shape index (κ2) is 9.14. The van der Waals surface area contributed by atoms with Crippen molar-refractivity contribution in [1.82, 2.24) is 5.32 Å². The van der Waals surface area contributed by atoms with E-state index in [9.17, 15) is 4.79 Å². The second-order valence-corrected chi connectivity index (χ2v) is 7.79. The quantitative estimate of drug-likeness (QED) is 0.539. The van der Waals surface area contributed by atoms with Gasteiger partial charge >= 0.3 is 0 Å². The molecule has 154 valence electrons. The highest BCUT2D eigenvalue weighted by molar-refractivity contribution is 5.90. The summed E-state index contributed by atoms with van der Waals surface area (Å²) in [6, 6.07) is 26.2. The van der Waals surface area contributed by atoms with Crippen LogP contribution < -0.4 is 15.8 Å². The number of nitrogens with two attached hydrogens (primary N) is 1. The topological polar surface area (TPSA) is 64.4 Å². The molecule has 3 aromatic carbocycles. The minimum Gasteiger partial charge on any atom is -0.493 e. The van der Waals surface area contributed by atoms with E-state index in [0.29, 0.717) is 13.0 Å². The number of hydrogen-bond acceptors (Lipinski definition) is 3. The zero-order valence-corrected chi connectivity index (χ0v) is 17.1. The predicted molar refractivity (Wildman–Crippen MR) is 120 cm³/mol. The van der Waals surface area contributed by atoms with Gasteiger partial charge in [0.15, 0.2) is 0 Å². The summed E-state index contributed by atoms with van der Waals surface area (Å²) in [5.41, 5.74) is 9.64. The Morgan fingerprint density at radius 3 is 2.23 bits per heavy atom. The Hall–Kier alpha value is -3.11. The molecule has 1 aliphatic rings. The Balaban J connectivity index is 1.44. The average molecular weight is 401 g/mol. The maximum Gasteiger partial charge on any atom is 0.232 e. The van der Waals surface area contributed by atoms with Crippen LogP contribution in [0.2, 0.25) is 0 Å². The normalized spacial score (nSPS) is 12.9. The number of carbonyl (C=O) groups is 1. The van der Waals surface area contributed by atoms with E-state index in [2.05, 4.69) is 23.5 Å². The van der Waals surface area contributed by atoms with Crippen LogP contribution >= 0.6 is 0 Å². The Bertz CT molecular complexity index is 947. The fourth-order valence-electron chi connectivity index (χ4n) is 4.34. The molecule has 1 amide bonds. The van der Waals surface area contributed by atoms with Crippen molar-refractivity contribution < 1.29 is 9.53 Å². The maximum absolute atomic E-state index is 12.8. The first-order valence-electron chi connectivity index (χ1n) is 10.6. The highest BCUT2D eigenvalue weighted by atomic mass is 16.5. The Labute approximate surface area is 178 Å². The maximum atomic E-state index is 12.8. The lowest BCUT2D eigenvalue weighted by Gasteiger charge is -2.32. The fourth-order valence-corrected chi connectivity index (χ4v) is 4.34. The van der Waals surface area contributed by atoms with Gasteiger partial charge in [-0.3, -0.25) is 4.79 Å². The molecule has 4 nitrogen and oxygen atoms in total. The van der Waals surface area contributed by atoms with Crippen LogP contribution in [0, 0.1) is 0 Å². The van der Waals surface area contributed by atoms with Gasteiger partial charge in [0.05, 0.1) is 12.0 Å². The standard InChI is InChI=1S/C26H28N2O2/c27-25(29)26(22-7-3-1-4-8-22,23-9-5-2-6-10-23)15-17-28-16-13-20-11-12-24-21(19-20)14-18-30-24/h1-12,19,28H,13-18H2,(H2,27,29). The summed E-state index contributed by atoms with van der Waals surface area (Å²) in [5, 5.41) is 3.51. The number of benzene rings is 3. The Morgan fingerprint density at radius 2 is 1.60 bits per heavy atom. The van der Waals surface area contributed by atoms with Crippen LogP contribution in [-0.4, -0.2) is 25.6 Å². The minimum absolute atomic E-state index is 0.319. The lowest BCUT2D eigenvalue weighted by atomic mass is 9.71. The summed E-state index contributed by atoms with van der Waals surface area (Å²) in [4.78, 5) is 12.8. The van der Waals surface area contributed by atoms with Gasteiger partial charge < -0.3 is 15.8 Å². The van der Waals surface area contributed by atoms with Gasteiger partial charge in [0, 0.05) is 6.42 Å². The highest BCUT2D eigenvalue weighted by Crippen LogP contribution is 2.35. The molecular weight excluding hydrogens is 372 g/mol. The molecule has 0 spiro atoms. The third-order valence-corrected chi connectivity index (χ3v) is 5.97. The van der Waals surface area contributed by atoms with E-state index >= 15 is 0 Å². The van der Waals surface area contributed by atoms with Crippen LogP contribution in [0.1, 0.15) is 28.7 Å². The monoisotopic (exact) mass is 400 g/mol. The molecule has 0 radical (unpaired) electrons. The molecular formula is C26H28N2O2. The van der Waals surface area contributed by atoms with E-state index in [1.165, 1.54) is 11.1 Å². The molecule has 30 heavy (non-hydrogen) atoms. The molecule has 0 aromatic heterocycles. The molecule has 0 aliphatic carbocycles. The first-order chi connectivity index (χ1) is 14.7. The van der Waals surface area contributed by atoms with Crippen LogP contribution in [0.5, 0.6) is 5.75 Å². The molecule has 0 saturated carbocycles. The third-order valence-electron chi connectivity index (χ3n) is 5.97. The van der Waals surface area contributed by atoms with Crippen molar-refractivity contribution >= 4 is 5.91 Å². The van der Waals surface area contributed by atoms with Crippen LogP contribution in [0.4, 0.5) is 0 Å². The molecule has 0 bridgehead atoms. The van der Waals surface area contributed by atoms with E-state index < -0.39 is 5.41 Å². The van der Waals surface area contributed by atoms with Crippen LogP contribution in [0.3, 0.4) is 0 Å². The summed E-state index contributed by atoms with van der Waals surface area (Å²) in [5.74, 6) is 0.698. The molecule has 1 aliphatic heterocycles. The highest BCUT2D eigenvalue weighted by Gasteiger charge is 2.39. The molecule has 3 N–H and O–H groups in total. The second-order valence-electron chi connectivity index (χ2n) is 7.79. The van der Waals surface area contributed by atoms with Crippen molar-refractivity contribution in [3.63, 3.8) is 0 Å². The van der Waals surface area contributed by atoms with Gasteiger partial charge in [-0.2, -0.15) is 0 Å². The van der Waals surface area contributed by atoms with Crippen LogP contribution in [0.15, 0.2) is 78.9 Å². The van der Waals surface area contributed by atoms with Crippen molar-refractivity contribution in [3.8, 4) is 5.75 Å². The first-order valence-corrected chi connectivity index (χ1v) is 10.6. The van der Waals surface area contributed by atoms with E-state index in [4.69, 9.17) is 10.5 Å². The Morgan fingerprint density at radius 1 is 0.933 bits per heavy atom. The lowest BCUT2D eigenvalue weighted by molar-refractivity contribution is -0.122. The number of nitrogens with one attached hydrogen (secondary N) is 1. The van der Waals surface area contributed by atoms with Crippen molar-refractivity contribution in [1.29, 1.82) is 0 Å². The largest absolute Gasteiger partial charge is 0.493 e. The number of carbonyl (C=O) groups excluding carboxylic acids is 1. The number of ether oxygens (including phenoxy) is 1. The summed E-state index contributed by atoms with van der Waals surface area (Å²) in [6.45, 7) is 2.32. The van der Waals surface area contributed by atoms with E-state index in [1.54, 1.807) is 0 Å². The molecule has 3 aromatic rings. The molecule has 0 fully saturated rings. The molecule has 0 saturated heterocycles. The molecule has 0 unspecified atom stereocenters. The fraction of sp³-hybridized carbons (Fsp3) is 0.269. The predicted octanol–water partition coefficient (Wildman–Crippen LogP) is 3.62. The summed E-state index contributed by atoms with van der Waals surface area (Å²) in [7, 11) is 0. The number of rotatable bonds is 9. The number of hydrogen-bond donors (Lipinski definition) is 2. The summed E-state index contributed by atoms with van der Waals surface area (Å²) >= 11 is 0. The number of amides is 1. The van der Waals surface area contributed by atoms with Crippen molar-refractivity contribution in [3.05, 3.63) is 101 Å². The summed E-state index contributed by atoms with van der Waals surface area (Å²) < 4.78 is 5.58. The van der Waals surface area contributed by atoms with Gasteiger partial charge in [-0.1, -0.05) is 72.8 Å². The molecule has 4 rings (SSSR count). The number of primary amides is 1. The van der Waals surface area contributed by atoms with Crippen LogP contribution in [0.25, 0.3) is 0 Å². The van der Waals surface area contributed by atoms with Gasteiger partial charge in [0.25, 0.3) is 0 Å². The molecule has 1 heterocycles. The first kappa shape index (κ1) is 20.2. The summed E-state index contributed by atoms with van der Waals surface area (Å²) in [6.07, 6.45) is 2.54. The zero-order valence-electron chi connectivity index (χ0n) is 17.1. The van der Waals surface area contributed by atoms with Gasteiger partial charge in [-0.15, -0.1) is 0 Å². The Kier molecular flexibility index (Phi) is 6.15. The van der Waals surface area contributed by atoms with Gasteiger partial charge in [-0.05, 0) is 54.3 Å². The van der Waals surface area contributed by atoms with Crippen molar-refractivity contribution in [2.45, 2.75) is 24.7 Å². The SMILES string of the molecule is NC(=O)C(CCNCCc1ccc2c(c1)CCO2)(c1ccccc1)c1ccccc1. The number of fused-ring (bicyclic) bond motifs is 1. The van der Waals surface area contributed by atoms with Crippen molar-refractivity contribution in [2.75, 3.05) is 19.7 Å². The zero-order chi connectivity index (χ0) is 20.8. The molecule has 4 heteroatoms. The third kappa shape index (κ3) is 4.10. The van der Waals surface area contributed by atoms with Crippen LogP contribution in [-0.2, 0) is 23.1 Å². The van der Waals surface area contributed by atoms with Gasteiger partial charge in [-0.25, -0.2) is 0 Å². The lowest BCUT2D eigenvalue weighted by Crippen LogP contribution is -2.44. The van der Waals surface area contributed by atoms with Crippen molar-refractivity contribution in [2.24, 2.45) is 5.73 Å².